The summed E-state index contributed by atoms with van der Waals surface area (Å²) in [6.07, 6.45) is 9.98. The summed E-state index contributed by atoms with van der Waals surface area (Å²) in [6, 6.07) is 20.0. The standard InChI is InChI=1S/C32H34ClN3O3/c33-26-6-3-22(4-7-26)21-36-14-11-28(12-15-36)38-29-9-10-30-25(18-29)19-31(39-30)32(37)35-27-8-5-23(17-27)16-24-2-1-13-34-20-24/h1-4,6-7,9-10,13,18-20,23,27-28H,5,8,11-12,14-17,21H2,(H,35,37)/t23?,27-/m0/s1. The van der Waals surface area contributed by atoms with E-state index in [1.54, 1.807) is 6.20 Å². The van der Waals surface area contributed by atoms with Crippen LogP contribution in [0.25, 0.3) is 11.0 Å². The van der Waals surface area contributed by atoms with Gasteiger partial charge >= 0.3 is 0 Å². The number of halogens is 1. The molecule has 202 valence electrons. The smallest absolute Gasteiger partial charge is 0.287 e. The molecule has 2 fully saturated rings. The van der Waals surface area contributed by atoms with Crippen LogP contribution in [-0.4, -0.2) is 41.0 Å². The maximum atomic E-state index is 13.0. The molecule has 1 aliphatic carbocycles. The largest absolute Gasteiger partial charge is 0.490 e. The zero-order valence-electron chi connectivity index (χ0n) is 22.0. The van der Waals surface area contributed by atoms with Gasteiger partial charge < -0.3 is 14.5 Å². The van der Waals surface area contributed by atoms with Gasteiger partial charge in [0.15, 0.2) is 5.76 Å². The second-order valence-corrected chi connectivity index (χ2v) is 11.4. The minimum absolute atomic E-state index is 0.145. The number of nitrogens with zero attached hydrogens (tertiary/aromatic N) is 2. The Labute approximate surface area is 234 Å². The highest BCUT2D eigenvalue weighted by Gasteiger charge is 2.27. The Bertz CT molecular complexity index is 1400. The van der Waals surface area contributed by atoms with E-state index in [-0.39, 0.29) is 18.1 Å². The third-order valence-corrected chi connectivity index (χ3v) is 8.24. The van der Waals surface area contributed by atoms with Crippen molar-refractivity contribution in [1.82, 2.24) is 15.2 Å². The first kappa shape index (κ1) is 25.9. The fraction of sp³-hybridized carbons (Fsp3) is 0.375. The predicted octanol–water partition coefficient (Wildman–Crippen LogP) is 6.67. The summed E-state index contributed by atoms with van der Waals surface area (Å²) in [7, 11) is 0. The third-order valence-electron chi connectivity index (χ3n) is 7.99. The van der Waals surface area contributed by atoms with E-state index in [0.29, 0.717) is 17.3 Å². The van der Waals surface area contributed by atoms with Crippen LogP contribution in [-0.2, 0) is 13.0 Å². The molecule has 6 rings (SSSR count). The average Bonchev–Trinajstić information content (AvgIpc) is 3.58. The zero-order chi connectivity index (χ0) is 26.6. The number of rotatable bonds is 8. The summed E-state index contributed by atoms with van der Waals surface area (Å²) in [5.74, 6) is 1.60. The van der Waals surface area contributed by atoms with Gasteiger partial charge in [0.2, 0.25) is 0 Å². The topological polar surface area (TPSA) is 67.6 Å². The molecule has 0 radical (unpaired) electrons. The lowest BCUT2D eigenvalue weighted by atomic mass is 9.99. The van der Waals surface area contributed by atoms with Gasteiger partial charge in [0.05, 0.1) is 0 Å². The van der Waals surface area contributed by atoms with Gasteiger partial charge in [-0.3, -0.25) is 14.7 Å². The molecule has 0 bridgehead atoms. The molecular weight excluding hydrogens is 510 g/mol. The van der Waals surface area contributed by atoms with Crippen molar-refractivity contribution < 1.29 is 13.9 Å². The quantitative estimate of drug-likeness (QED) is 0.269. The average molecular weight is 544 g/mol. The lowest BCUT2D eigenvalue weighted by Crippen LogP contribution is -2.37. The number of furan rings is 1. The highest BCUT2D eigenvalue weighted by molar-refractivity contribution is 6.30. The van der Waals surface area contributed by atoms with Crippen LogP contribution < -0.4 is 10.1 Å². The summed E-state index contributed by atoms with van der Waals surface area (Å²) in [6.45, 7) is 2.92. The predicted molar refractivity (Wildman–Crippen MR) is 153 cm³/mol. The number of likely N-dealkylation sites (tertiary alicyclic amines) is 1. The number of carbonyl (C=O) groups is 1. The minimum atomic E-state index is -0.145. The number of hydrogen-bond donors (Lipinski definition) is 1. The number of pyridine rings is 1. The maximum Gasteiger partial charge on any atom is 0.287 e. The van der Waals surface area contributed by atoms with Crippen molar-refractivity contribution in [1.29, 1.82) is 0 Å². The number of benzene rings is 2. The molecule has 2 aromatic heterocycles. The number of ether oxygens (including phenoxy) is 1. The van der Waals surface area contributed by atoms with Crippen molar-refractivity contribution in [2.45, 2.75) is 57.2 Å². The number of piperidine rings is 1. The third kappa shape index (κ3) is 6.63. The second-order valence-electron chi connectivity index (χ2n) is 10.9. The van der Waals surface area contributed by atoms with Crippen LogP contribution in [0, 0.1) is 5.92 Å². The van der Waals surface area contributed by atoms with E-state index in [1.165, 1.54) is 11.1 Å². The first-order chi connectivity index (χ1) is 19.1. The van der Waals surface area contributed by atoms with Crippen molar-refractivity contribution >= 4 is 28.5 Å². The molecule has 1 saturated heterocycles. The summed E-state index contributed by atoms with van der Waals surface area (Å²) in [5.41, 5.74) is 3.24. The van der Waals surface area contributed by atoms with E-state index >= 15 is 0 Å². The van der Waals surface area contributed by atoms with Gasteiger partial charge in [-0.2, -0.15) is 0 Å². The molecule has 1 unspecified atom stereocenters. The Balaban J connectivity index is 0.997. The molecule has 1 N–H and O–H groups in total. The summed E-state index contributed by atoms with van der Waals surface area (Å²) >= 11 is 6.01. The van der Waals surface area contributed by atoms with Gasteiger partial charge in [0.25, 0.3) is 5.91 Å². The monoisotopic (exact) mass is 543 g/mol. The first-order valence-corrected chi connectivity index (χ1v) is 14.3. The van der Waals surface area contributed by atoms with E-state index in [1.807, 2.05) is 48.7 Å². The molecule has 6 nitrogen and oxygen atoms in total. The Kier molecular flexibility index (Phi) is 7.84. The minimum Gasteiger partial charge on any atom is -0.490 e. The van der Waals surface area contributed by atoms with Crippen molar-refractivity contribution in [3.8, 4) is 5.75 Å². The Hall–Kier alpha value is -3.35. The number of aromatic nitrogens is 1. The molecule has 7 heteroatoms. The van der Waals surface area contributed by atoms with Crippen molar-refractivity contribution in [3.05, 3.63) is 95.0 Å². The van der Waals surface area contributed by atoms with Crippen LogP contribution in [0.15, 0.2) is 77.5 Å². The number of carbonyl (C=O) groups excluding carboxylic acids is 1. The van der Waals surface area contributed by atoms with Crippen molar-refractivity contribution in [2.75, 3.05) is 13.1 Å². The van der Waals surface area contributed by atoms with E-state index in [2.05, 4.69) is 33.4 Å². The lowest BCUT2D eigenvalue weighted by Gasteiger charge is -2.32. The van der Waals surface area contributed by atoms with Crippen LogP contribution in [0.5, 0.6) is 5.75 Å². The van der Waals surface area contributed by atoms with Gasteiger partial charge in [0, 0.05) is 48.5 Å². The van der Waals surface area contributed by atoms with Gasteiger partial charge in [-0.1, -0.05) is 29.8 Å². The molecule has 2 atom stereocenters. The Morgan fingerprint density at radius 1 is 1.03 bits per heavy atom. The molecule has 3 heterocycles. The second kappa shape index (κ2) is 11.8. The van der Waals surface area contributed by atoms with Crippen LogP contribution >= 0.6 is 11.6 Å². The van der Waals surface area contributed by atoms with E-state index in [4.69, 9.17) is 20.8 Å². The number of amides is 1. The molecule has 1 aliphatic heterocycles. The molecule has 39 heavy (non-hydrogen) atoms. The molecule has 2 aromatic carbocycles. The summed E-state index contributed by atoms with van der Waals surface area (Å²) in [5, 5.41) is 4.84. The van der Waals surface area contributed by atoms with E-state index < -0.39 is 0 Å². The Morgan fingerprint density at radius 2 is 1.87 bits per heavy atom. The number of nitrogens with one attached hydrogen (secondary N) is 1. The molecular formula is C32H34ClN3O3. The summed E-state index contributed by atoms with van der Waals surface area (Å²) in [4.78, 5) is 19.6. The van der Waals surface area contributed by atoms with Crippen molar-refractivity contribution in [2.24, 2.45) is 5.92 Å². The molecule has 1 amide bonds. The SMILES string of the molecule is O=C(N[C@H]1CCC(Cc2cccnc2)C1)c1cc2cc(OC3CCN(Cc4ccc(Cl)cc4)CC3)ccc2o1. The number of fused-ring (bicyclic) bond motifs is 1. The fourth-order valence-electron chi connectivity index (χ4n) is 5.93. The molecule has 4 aromatic rings. The number of hydrogen-bond acceptors (Lipinski definition) is 5. The molecule has 0 spiro atoms. The highest BCUT2D eigenvalue weighted by Crippen LogP contribution is 2.30. The van der Waals surface area contributed by atoms with Crippen LogP contribution in [0.2, 0.25) is 5.02 Å². The van der Waals surface area contributed by atoms with E-state index in [0.717, 1.165) is 74.3 Å². The van der Waals surface area contributed by atoms with E-state index in [9.17, 15) is 4.79 Å². The molecule has 1 saturated carbocycles. The molecule has 2 aliphatic rings. The Morgan fingerprint density at radius 3 is 2.67 bits per heavy atom. The van der Waals surface area contributed by atoms with Crippen LogP contribution in [0.3, 0.4) is 0 Å². The lowest BCUT2D eigenvalue weighted by molar-refractivity contribution is 0.0911. The van der Waals surface area contributed by atoms with Gasteiger partial charge in [-0.25, -0.2) is 0 Å². The zero-order valence-corrected chi connectivity index (χ0v) is 22.8. The van der Waals surface area contributed by atoms with Crippen LogP contribution in [0.4, 0.5) is 0 Å². The normalized spacial score (nSPS) is 20.3. The maximum absolute atomic E-state index is 13.0. The van der Waals surface area contributed by atoms with Crippen molar-refractivity contribution in [3.63, 3.8) is 0 Å². The van der Waals surface area contributed by atoms with Gasteiger partial charge in [-0.05, 0) is 98.0 Å². The summed E-state index contributed by atoms with van der Waals surface area (Å²) < 4.78 is 12.2. The first-order valence-electron chi connectivity index (χ1n) is 13.9. The van der Waals surface area contributed by atoms with Crippen LogP contribution in [0.1, 0.15) is 53.8 Å². The van der Waals surface area contributed by atoms with Gasteiger partial charge in [0.1, 0.15) is 17.4 Å². The van der Waals surface area contributed by atoms with Gasteiger partial charge in [-0.15, -0.1) is 0 Å². The fourth-order valence-corrected chi connectivity index (χ4v) is 6.06. The highest BCUT2D eigenvalue weighted by atomic mass is 35.5.